The predicted molar refractivity (Wildman–Crippen MR) is 76.2 cm³/mol. The molecule has 0 saturated carbocycles. The van der Waals surface area contributed by atoms with Crippen LogP contribution in [0.3, 0.4) is 0 Å². The largest absolute Gasteiger partial charge is 0.352 e. The van der Waals surface area contributed by atoms with Gasteiger partial charge in [-0.25, -0.2) is 14.2 Å². The van der Waals surface area contributed by atoms with Gasteiger partial charge >= 0.3 is 5.69 Å². The molecule has 0 atom stereocenters. The first kappa shape index (κ1) is 15.4. The molecule has 2 amide bonds. The van der Waals surface area contributed by atoms with E-state index in [0.717, 1.165) is 9.08 Å². The fraction of sp³-hybridized carbons (Fsp3) is 0.333. The molecule has 0 aliphatic rings. The van der Waals surface area contributed by atoms with Crippen LogP contribution in [0.25, 0.3) is 5.65 Å². The van der Waals surface area contributed by atoms with E-state index in [0.29, 0.717) is 5.57 Å². The minimum absolute atomic E-state index is 0.00331. The number of rotatable bonds is 5. The Kier molecular flexibility index (Phi) is 4.30. The Bertz CT molecular complexity index is 805. The number of fused-ring (bicyclic) bond motifs is 1. The molecule has 22 heavy (non-hydrogen) atoms. The summed E-state index contributed by atoms with van der Waals surface area (Å²) in [6.07, 6.45) is 1.21. The van der Waals surface area contributed by atoms with Gasteiger partial charge in [-0.05, 0) is 6.92 Å². The van der Waals surface area contributed by atoms with Gasteiger partial charge < -0.3 is 10.6 Å². The Morgan fingerprint density at radius 2 is 2.00 bits per heavy atom. The average Bonchev–Trinajstić information content (AvgIpc) is 2.91. The lowest BCUT2D eigenvalue weighted by atomic mass is 10.3. The second kappa shape index (κ2) is 6.16. The van der Waals surface area contributed by atoms with Crippen molar-refractivity contribution in [3.05, 3.63) is 34.7 Å². The fourth-order valence-electron chi connectivity index (χ4n) is 1.63. The Hall–Kier alpha value is -3.04. The van der Waals surface area contributed by atoms with Crippen molar-refractivity contribution in [1.29, 1.82) is 0 Å². The monoisotopic (exact) mass is 305 g/mol. The molecule has 116 valence electrons. The number of hydrogen-bond donors (Lipinski definition) is 2. The maximum Gasteiger partial charge on any atom is 0.352 e. The third kappa shape index (κ3) is 3.00. The summed E-state index contributed by atoms with van der Waals surface area (Å²) in [5.41, 5.74) is 0.00538. The molecule has 0 saturated heterocycles. The molecule has 0 aromatic carbocycles. The maximum absolute atomic E-state index is 12.0. The standard InChI is InChI=1S/C12H15N7O3/c1-7(2)10(20)13-4-5-14-11(21)8-9-16-17-18(3)12(22)19(9)6-15-8/h6H,1,4-5H2,2-3H3,(H,13,20)(H,14,21). The van der Waals surface area contributed by atoms with E-state index in [1.165, 1.54) is 13.4 Å². The minimum atomic E-state index is -0.505. The Morgan fingerprint density at radius 1 is 1.32 bits per heavy atom. The molecule has 0 aliphatic heterocycles. The lowest BCUT2D eigenvalue weighted by Gasteiger charge is -2.05. The van der Waals surface area contributed by atoms with Crippen LogP contribution in [0.2, 0.25) is 0 Å². The first-order chi connectivity index (χ1) is 10.4. The molecular weight excluding hydrogens is 290 g/mol. The van der Waals surface area contributed by atoms with E-state index in [-0.39, 0.29) is 30.3 Å². The highest BCUT2D eigenvalue weighted by molar-refractivity contribution is 5.97. The summed E-state index contributed by atoms with van der Waals surface area (Å²) < 4.78 is 2.16. The van der Waals surface area contributed by atoms with Crippen molar-refractivity contribution in [2.45, 2.75) is 6.92 Å². The average molecular weight is 305 g/mol. The summed E-state index contributed by atoms with van der Waals surface area (Å²) in [5.74, 6) is -0.786. The van der Waals surface area contributed by atoms with Crippen LogP contribution in [0.15, 0.2) is 23.3 Å². The number of nitrogens with one attached hydrogen (secondary N) is 2. The molecule has 10 nitrogen and oxygen atoms in total. The van der Waals surface area contributed by atoms with E-state index in [1.54, 1.807) is 6.92 Å². The van der Waals surface area contributed by atoms with Crippen LogP contribution in [0.1, 0.15) is 17.4 Å². The van der Waals surface area contributed by atoms with Gasteiger partial charge in [0, 0.05) is 25.7 Å². The van der Waals surface area contributed by atoms with Gasteiger partial charge in [0.25, 0.3) is 5.91 Å². The van der Waals surface area contributed by atoms with Crippen LogP contribution >= 0.6 is 0 Å². The molecule has 2 aromatic heterocycles. The number of carbonyl (C=O) groups excluding carboxylic acids is 2. The van der Waals surface area contributed by atoms with Crippen molar-refractivity contribution in [3.63, 3.8) is 0 Å². The lowest BCUT2D eigenvalue weighted by molar-refractivity contribution is -0.117. The van der Waals surface area contributed by atoms with E-state index in [4.69, 9.17) is 0 Å². The molecule has 0 spiro atoms. The van der Waals surface area contributed by atoms with E-state index < -0.39 is 11.6 Å². The Labute approximate surface area is 124 Å². The first-order valence-electron chi connectivity index (χ1n) is 6.40. The van der Waals surface area contributed by atoms with Crippen LogP contribution in [-0.2, 0) is 11.8 Å². The summed E-state index contributed by atoms with van der Waals surface area (Å²) in [6.45, 7) is 5.54. The number of amides is 2. The van der Waals surface area contributed by atoms with Gasteiger partial charge in [-0.3, -0.25) is 9.59 Å². The number of imidazole rings is 1. The summed E-state index contributed by atoms with van der Waals surface area (Å²) in [5, 5.41) is 12.5. The number of nitrogens with zero attached hydrogens (tertiary/aromatic N) is 5. The van der Waals surface area contributed by atoms with Gasteiger partial charge in [-0.1, -0.05) is 11.8 Å². The van der Waals surface area contributed by atoms with Crippen LogP contribution in [0, 0.1) is 0 Å². The molecule has 2 aromatic rings. The lowest BCUT2D eigenvalue weighted by Crippen LogP contribution is -2.35. The summed E-state index contributed by atoms with van der Waals surface area (Å²) in [6, 6.07) is 0. The molecule has 2 N–H and O–H groups in total. The second-order valence-corrected chi connectivity index (χ2v) is 4.57. The summed E-state index contributed by atoms with van der Waals surface area (Å²) in [4.78, 5) is 38.9. The number of aryl methyl sites for hydroxylation is 1. The number of carbonyl (C=O) groups is 2. The summed E-state index contributed by atoms with van der Waals surface area (Å²) >= 11 is 0. The Morgan fingerprint density at radius 3 is 2.68 bits per heavy atom. The third-order valence-electron chi connectivity index (χ3n) is 2.80. The summed E-state index contributed by atoms with van der Waals surface area (Å²) in [7, 11) is 1.44. The molecule has 0 aliphatic carbocycles. The topological polar surface area (TPSA) is 123 Å². The molecule has 0 radical (unpaired) electrons. The zero-order valence-electron chi connectivity index (χ0n) is 12.2. The van der Waals surface area contributed by atoms with Gasteiger partial charge in [-0.2, -0.15) is 4.68 Å². The van der Waals surface area contributed by atoms with Crippen molar-refractivity contribution in [1.82, 2.24) is 35.0 Å². The van der Waals surface area contributed by atoms with E-state index in [1.807, 2.05) is 0 Å². The zero-order valence-corrected chi connectivity index (χ0v) is 12.2. The molecular formula is C12H15N7O3. The number of aromatic nitrogens is 5. The zero-order chi connectivity index (χ0) is 16.3. The highest BCUT2D eigenvalue weighted by Crippen LogP contribution is 2.01. The van der Waals surface area contributed by atoms with Gasteiger partial charge in [0.15, 0.2) is 11.3 Å². The van der Waals surface area contributed by atoms with Crippen LogP contribution in [-0.4, -0.2) is 49.3 Å². The van der Waals surface area contributed by atoms with Gasteiger partial charge in [0.05, 0.1) is 0 Å². The van der Waals surface area contributed by atoms with Gasteiger partial charge in [0.1, 0.15) is 6.33 Å². The second-order valence-electron chi connectivity index (χ2n) is 4.57. The Balaban J connectivity index is 2.02. The van der Waals surface area contributed by atoms with Crippen LogP contribution < -0.4 is 16.3 Å². The van der Waals surface area contributed by atoms with Gasteiger partial charge in [-0.15, -0.1) is 5.10 Å². The van der Waals surface area contributed by atoms with E-state index in [9.17, 15) is 14.4 Å². The van der Waals surface area contributed by atoms with E-state index in [2.05, 4.69) is 32.5 Å². The smallest absolute Gasteiger partial charge is 0.351 e. The van der Waals surface area contributed by atoms with Crippen molar-refractivity contribution in [2.24, 2.45) is 7.05 Å². The van der Waals surface area contributed by atoms with Gasteiger partial charge in [0.2, 0.25) is 5.91 Å². The van der Waals surface area contributed by atoms with E-state index >= 15 is 0 Å². The van der Waals surface area contributed by atoms with Crippen molar-refractivity contribution in [3.8, 4) is 0 Å². The van der Waals surface area contributed by atoms with Crippen molar-refractivity contribution >= 4 is 17.5 Å². The maximum atomic E-state index is 12.0. The molecule has 2 heterocycles. The molecule has 0 unspecified atom stereocenters. The quantitative estimate of drug-likeness (QED) is 0.498. The SMILES string of the molecule is C=C(C)C(=O)NCCNC(=O)c1ncn2c(=O)n(C)nnc12. The normalized spacial score (nSPS) is 10.5. The predicted octanol–water partition coefficient (Wildman–Crippen LogP) is -1.75. The minimum Gasteiger partial charge on any atom is -0.351 e. The molecule has 10 heteroatoms. The molecule has 0 bridgehead atoms. The third-order valence-corrected chi connectivity index (χ3v) is 2.80. The van der Waals surface area contributed by atoms with Crippen LogP contribution in [0.5, 0.6) is 0 Å². The first-order valence-corrected chi connectivity index (χ1v) is 6.40. The van der Waals surface area contributed by atoms with Crippen molar-refractivity contribution < 1.29 is 9.59 Å². The molecule has 2 rings (SSSR count). The highest BCUT2D eigenvalue weighted by Gasteiger charge is 2.16. The van der Waals surface area contributed by atoms with Crippen molar-refractivity contribution in [2.75, 3.05) is 13.1 Å². The number of hydrogen-bond acceptors (Lipinski definition) is 6. The van der Waals surface area contributed by atoms with Crippen LogP contribution in [0.4, 0.5) is 0 Å². The fourth-order valence-corrected chi connectivity index (χ4v) is 1.63. The molecule has 0 fully saturated rings. The highest BCUT2D eigenvalue weighted by atomic mass is 16.2.